The lowest BCUT2D eigenvalue weighted by Crippen LogP contribution is -2.54. The van der Waals surface area contributed by atoms with Gasteiger partial charge in [-0.15, -0.1) is 0 Å². The maximum Gasteiger partial charge on any atom is 0.410 e. The largest absolute Gasteiger partial charge is 0.481 e. The van der Waals surface area contributed by atoms with Gasteiger partial charge in [0, 0.05) is 25.2 Å². The fourth-order valence-electron chi connectivity index (χ4n) is 4.03. The Labute approximate surface area is 218 Å². The van der Waals surface area contributed by atoms with Crippen molar-refractivity contribution >= 4 is 24.2 Å². The lowest BCUT2D eigenvalue weighted by atomic mass is 10.0. The molecule has 0 aromatic carbocycles. The van der Waals surface area contributed by atoms with Crippen molar-refractivity contribution in [3.8, 4) is 5.88 Å². The van der Waals surface area contributed by atoms with Crippen LogP contribution in [0.3, 0.4) is 0 Å². The van der Waals surface area contributed by atoms with Gasteiger partial charge in [-0.2, -0.15) is 0 Å². The average Bonchev–Trinajstić information content (AvgIpc) is 3.70. The first-order valence-electron chi connectivity index (χ1n) is 12.5. The van der Waals surface area contributed by atoms with Crippen molar-refractivity contribution in [1.82, 2.24) is 20.1 Å². The van der Waals surface area contributed by atoms with Gasteiger partial charge in [0.15, 0.2) is 6.10 Å². The summed E-state index contributed by atoms with van der Waals surface area (Å²) in [5.41, 5.74) is 0.860. The summed E-state index contributed by atoms with van der Waals surface area (Å²) in [5, 5.41) is 2.57. The lowest BCUT2D eigenvalue weighted by molar-refractivity contribution is -0.151. The zero-order chi connectivity index (χ0) is 27.2. The second kappa shape index (κ2) is 12.3. The highest BCUT2D eigenvalue weighted by molar-refractivity contribution is 5.83. The van der Waals surface area contributed by atoms with Crippen LogP contribution in [-0.2, 0) is 19.0 Å². The molecular weight excluding hydrogens is 480 g/mol. The Bertz CT molecular complexity index is 1000. The van der Waals surface area contributed by atoms with E-state index >= 15 is 0 Å². The predicted octanol–water partition coefficient (Wildman–Crippen LogP) is 3.15. The van der Waals surface area contributed by atoms with E-state index in [1.165, 1.54) is 19.1 Å². The van der Waals surface area contributed by atoms with Crippen molar-refractivity contribution in [2.75, 3.05) is 40.5 Å². The van der Waals surface area contributed by atoms with Crippen LogP contribution in [-0.4, -0.2) is 91.1 Å². The maximum atomic E-state index is 13.7. The number of nitrogens with zero attached hydrogens (tertiary/aromatic N) is 3. The topological polar surface area (TPSA) is 120 Å². The van der Waals surface area contributed by atoms with Gasteiger partial charge >= 0.3 is 12.2 Å². The number of rotatable bonds is 8. The standard InChI is InChI=1S/C26H38N4O7/c1-17(18-14-19(28-22(15-18)34-5)8-7-11-27-24(32)35-6)30(20-9-10-20)23(31)21-16-29(12-13-36-21)25(33)37-26(2,3)4/h7-8,14-15,17,20-21H,9-13,16H2,1-6H3,(H,27,32)/b8-7+. The number of pyridine rings is 1. The SMILES string of the molecule is COC(=O)NC/C=C/c1cc(C(C)N(C(=O)C2CN(C(=O)OC(C)(C)C)CCO2)C2CC2)cc(OC)n1. The van der Waals surface area contributed by atoms with Crippen LogP contribution in [0.5, 0.6) is 5.88 Å². The zero-order valence-corrected chi connectivity index (χ0v) is 22.5. The third-order valence-electron chi connectivity index (χ3n) is 5.98. The molecule has 0 radical (unpaired) electrons. The third-order valence-corrected chi connectivity index (χ3v) is 5.98. The normalized spacial score (nSPS) is 18.8. The van der Waals surface area contributed by atoms with Gasteiger partial charge in [0.1, 0.15) is 5.60 Å². The van der Waals surface area contributed by atoms with E-state index in [0.29, 0.717) is 18.1 Å². The van der Waals surface area contributed by atoms with Crippen LogP contribution in [0.4, 0.5) is 9.59 Å². The lowest BCUT2D eigenvalue weighted by Gasteiger charge is -2.38. The van der Waals surface area contributed by atoms with Gasteiger partial charge in [-0.25, -0.2) is 14.6 Å². The Morgan fingerprint density at radius 1 is 1.27 bits per heavy atom. The molecule has 2 aliphatic rings. The minimum Gasteiger partial charge on any atom is -0.481 e. The van der Waals surface area contributed by atoms with E-state index in [0.717, 1.165) is 18.4 Å². The van der Waals surface area contributed by atoms with E-state index in [4.69, 9.17) is 14.2 Å². The smallest absolute Gasteiger partial charge is 0.410 e. The second-order valence-electron chi connectivity index (χ2n) is 10.1. The fraction of sp³-hybridized carbons (Fsp3) is 0.615. The van der Waals surface area contributed by atoms with Crippen molar-refractivity contribution in [3.63, 3.8) is 0 Å². The predicted molar refractivity (Wildman–Crippen MR) is 136 cm³/mol. The van der Waals surface area contributed by atoms with Crippen molar-refractivity contribution in [1.29, 1.82) is 0 Å². The van der Waals surface area contributed by atoms with E-state index in [-0.39, 0.29) is 37.7 Å². The van der Waals surface area contributed by atoms with Crippen LogP contribution in [0, 0.1) is 0 Å². The highest BCUT2D eigenvalue weighted by atomic mass is 16.6. The van der Waals surface area contributed by atoms with Crippen LogP contribution < -0.4 is 10.1 Å². The quantitative estimate of drug-likeness (QED) is 0.557. The van der Waals surface area contributed by atoms with E-state index in [2.05, 4.69) is 15.0 Å². The van der Waals surface area contributed by atoms with Crippen molar-refractivity contribution in [2.45, 2.75) is 64.3 Å². The molecule has 11 nitrogen and oxygen atoms in total. The first-order chi connectivity index (χ1) is 17.5. The molecule has 2 fully saturated rings. The highest BCUT2D eigenvalue weighted by Gasteiger charge is 2.42. The summed E-state index contributed by atoms with van der Waals surface area (Å²) in [7, 11) is 2.84. The molecule has 0 bridgehead atoms. The van der Waals surface area contributed by atoms with Gasteiger partial charge < -0.3 is 34.1 Å². The Balaban J connectivity index is 1.76. The Kier molecular flexibility index (Phi) is 9.36. The second-order valence-corrected chi connectivity index (χ2v) is 10.1. The number of amides is 3. The molecule has 2 unspecified atom stereocenters. The van der Waals surface area contributed by atoms with Crippen molar-refractivity contribution < 1.29 is 33.3 Å². The summed E-state index contributed by atoms with van der Waals surface area (Å²) in [6.45, 7) is 8.46. The minimum absolute atomic E-state index is 0.102. The number of carbonyl (C=O) groups excluding carboxylic acids is 3. The van der Waals surface area contributed by atoms with Crippen LogP contribution in [0.15, 0.2) is 18.2 Å². The third kappa shape index (κ3) is 8.08. The van der Waals surface area contributed by atoms with E-state index in [9.17, 15) is 14.4 Å². The van der Waals surface area contributed by atoms with Gasteiger partial charge in [0.2, 0.25) is 5.88 Å². The number of nitrogens with one attached hydrogen (secondary N) is 1. The van der Waals surface area contributed by atoms with Gasteiger partial charge in [0.25, 0.3) is 5.91 Å². The van der Waals surface area contributed by atoms with E-state index in [1.807, 2.05) is 44.7 Å². The van der Waals surface area contributed by atoms with Crippen LogP contribution in [0.1, 0.15) is 57.8 Å². The van der Waals surface area contributed by atoms with E-state index < -0.39 is 23.9 Å². The molecule has 1 aromatic rings. The highest BCUT2D eigenvalue weighted by Crippen LogP contribution is 2.36. The molecule has 3 rings (SSSR count). The number of carbonyl (C=O) groups is 3. The number of hydrogen-bond acceptors (Lipinski definition) is 8. The van der Waals surface area contributed by atoms with Crippen LogP contribution >= 0.6 is 0 Å². The molecule has 37 heavy (non-hydrogen) atoms. The zero-order valence-electron chi connectivity index (χ0n) is 22.5. The fourth-order valence-corrected chi connectivity index (χ4v) is 4.03. The number of aromatic nitrogens is 1. The summed E-state index contributed by atoms with van der Waals surface area (Å²) in [6, 6.07) is 3.52. The maximum absolute atomic E-state index is 13.7. The first-order valence-corrected chi connectivity index (χ1v) is 12.5. The molecule has 2 atom stereocenters. The summed E-state index contributed by atoms with van der Waals surface area (Å²) in [4.78, 5) is 45.4. The molecule has 1 aliphatic carbocycles. The molecule has 1 aliphatic heterocycles. The summed E-state index contributed by atoms with van der Waals surface area (Å²) >= 11 is 0. The summed E-state index contributed by atoms with van der Waals surface area (Å²) in [5.74, 6) is 0.261. The Hall–Kier alpha value is -3.34. The van der Waals surface area contributed by atoms with Gasteiger partial charge in [0.05, 0.1) is 39.1 Å². The molecule has 1 saturated heterocycles. The molecule has 11 heteroatoms. The summed E-state index contributed by atoms with van der Waals surface area (Å²) in [6.07, 6.45) is 3.60. The average molecular weight is 519 g/mol. The van der Waals surface area contributed by atoms with Crippen LogP contribution in [0.25, 0.3) is 6.08 Å². The number of methoxy groups -OCH3 is 2. The first kappa shape index (κ1) is 28.2. The molecule has 3 amide bonds. The Morgan fingerprint density at radius 2 is 2.00 bits per heavy atom. The number of morpholine rings is 1. The minimum atomic E-state index is -0.767. The van der Waals surface area contributed by atoms with Crippen molar-refractivity contribution in [2.24, 2.45) is 0 Å². The van der Waals surface area contributed by atoms with Gasteiger partial charge in [-0.3, -0.25) is 4.79 Å². The molecule has 0 spiro atoms. The number of alkyl carbamates (subject to hydrolysis) is 1. The number of ether oxygens (including phenoxy) is 4. The molecule has 1 N–H and O–H groups in total. The summed E-state index contributed by atoms with van der Waals surface area (Å²) < 4.78 is 21.3. The molecule has 1 aromatic heterocycles. The van der Waals surface area contributed by atoms with Crippen molar-refractivity contribution in [3.05, 3.63) is 29.5 Å². The molecular formula is C26H38N4O7. The van der Waals surface area contributed by atoms with Crippen LogP contribution in [0.2, 0.25) is 0 Å². The number of hydrogen-bond donors (Lipinski definition) is 1. The molecule has 1 saturated carbocycles. The Morgan fingerprint density at radius 3 is 2.62 bits per heavy atom. The monoisotopic (exact) mass is 518 g/mol. The van der Waals surface area contributed by atoms with Gasteiger partial charge in [-0.1, -0.05) is 6.08 Å². The molecule has 204 valence electrons. The van der Waals surface area contributed by atoms with Gasteiger partial charge in [-0.05, 0) is 58.2 Å². The van der Waals surface area contributed by atoms with E-state index in [1.54, 1.807) is 12.2 Å². The molecule has 2 heterocycles.